The molecule has 2 fully saturated rings. The number of hydrogen-bond acceptors (Lipinski definition) is 4. The van der Waals surface area contributed by atoms with Gasteiger partial charge in [-0.15, -0.1) is 0 Å². The third-order valence-electron chi connectivity index (χ3n) is 3.59. The van der Waals surface area contributed by atoms with Crippen molar-refractivity contribution in [2.75, 3.05) is 24.6 Å². The maximum absolute atomic E-state index is 12.5. The lowest BCUT2D eigenvalue weighted by Gasteiger charge is -2.33. The van der Waals surface area contributed by atoms with Crippen LogP contribution in [-0.4, -0.2) is 53.4 Å². The van der Waals surface area contributed by atoms with Crippen molar-refractivity contribution in [3.8, 4) is 0 Å². The van der Waals surface area contributed by atoms with E-state index >= 15 is 0 Å². The van der Waals surface area contributed by atoms with Crippen LogP contribution in [0.4, 0.5) is 0 Å². The molecular weight excluding hydrogens is 250 g/mol. The first-order chi connectivity index (χ1) is 8.68. The highest BCUT2D eigenvalue weighted by atomic mass is 32.2. The van der Waals surface area contributed by atoms with Crippen molar-refractivity contribution in [3.63, 3.8) is 0 Å². The van der Waals surface area contributed by atoms with E-state index < -0.39 is 5.91 Å². The van der Waals surface area contributed by atoms with Crippen LogP contribution in [0.25, 0.3) is 0 Å². The van der Waals surface area contributed by atoms with Crippen molar-refractivity contribution >= 4 is 23.6 Å². The number of hydrogen-bond donors (Lipinski definition) is 2. The zero-order valence-electron chi connectivity index (χ0n) is 10.6. The fourth-order valence-electron chi connectivity index (χ4n) is 2.69. The molecule has 0 radical (unpaired) electrons. The fraction of sp³-hybridized carbons (Fsp3) is 0.833. The second-order valence-electron chi connectivity index (χ2n) is 4.95. The molecule has 1 saturated heterocycles. The topological polar surface area (TPSA) is 75.4 Å². The average Bonchev–Trinajstić information content (AvgIpc) is 2.89. The highest BCUT2D eigenvalue weighted by Gasteiger charge is 2.32. The summed E-state index contributed by atoms with van der Waals surface area (Å²) in [7, 11) is 0. The molecule has 0 aromatic heterocycles. The highest BCUT2D eigenvalue weighted by molar-refractivity contribution is 7.99. The summed E-state index contributed by atoms with van der Waals surface area (Å²) in [4.78, 5) is 25.3. The van der Waals surface area contributed by atoms with E-state index in [0.29, 0.717) is 0 Å². The first-order valence-corrected chi connectivity index (χ1v) is 7.74. The monoisotopic (exact) mass is 271 g/mol. The van der Waals surface area contributed by atoms with Crippen molar-refractivity contribution in [2.45, 2.75) is 37.8 Å². The molecular formula is C12H21N3O2S. The standard InChI is InChI=1S/C12H21N3O2S/c13-11(16)7-15(9-3-1-2-4-9)12(17)10-8-18-6-5-14-10/h9-10,14H,1-8H2,(H2,13,16). The van der Waals surface area contributed by atoms with Crippen LogP contribution < -0.4 is 11.1 Å². The average molecular weight is 271 g/mol. The quantitative estimate of drug-likeness (QED) is 0.751. The highest BCUT2D eigenvalue weighted by Crippen LogP contribution is 2.24. The Balaban J connectivity index is 2.01. The van der Waals surface area contributed by atoms with Crippen LogP contribution in [0.5, 0.6) is 0 Å². The molecule has 3 N–H and O–H groups in total. The lowest BCUT2D eigenvalue weighted by Crippen LogP contribution is -2.54. The number of nitrogens with two attached hydrogens (primary N) is 1. The Morgan fingerprint density at radius 1 is 1.33 bits per heavy atom. The summed E-state index contributed by atoms with van der Waals surface area (Å²) in [6.07, 6.45) is 4.28. The summed E-state index contributed by atoms with van der Waals surface area (Å²) in [5.74, 6) is 1.47. The van der Waals surface area contributed by atoms with Crippen LogP contribution in [0.1, 0.15) is 25.7 Å². The molecule has 1 atom stereocenters. The van der Waals surface area contributed by atoms with Crippen molar-refractivity contribution in [2.24, 2.45) is 5.73 Å². The molecule has 5 nitrogen and oxygen atoms in total. The van der Waals surface area contributed by atoms with Crippen LogP contribution in [0.3, 0.4) is 0 Å². The molecule has 1 heterocycles. The molecule has 2 rings (SSSR count). The largest absolute Gasteiger partial charge is 0.368 e. The minimum absolute atomic E-state index is 0.0490. The van der Waals surface area contributed by atoms with Gasteiger partial charge in [0.2, 0.25) is 11.8 Å². The number of thioether (sulfide) groups is 1. The van der Waals surface area contributed by atoms with Crippen LogP contribution in [0, 0.1) is 0 Å². The van der Waals surface area contributed by atoms with Crippen molar-refractivity contribution in [3.05, 3.63) is 0 Å². The summed E-state index contributed by atoms with van der Waals surface area (Å²) in [5, 5.41) is 3.23. The van der Waals surface area contributed by atoms with E-state index in [-0.39, 0.29) is 24.5 Å². The number of amides is 2. The van der Waals surface area contributed by atoms with Crippen LogP contribution >= 0.6 is 11.8 Å². The lowest BCUT2D eigenvalue weighted by molar-refractivity contribution is -0.138. The van der Waals surface area contributed by atoms with Gasteiger partial charge in [-0.2, -0.15) is 11.8 Å². The minimum Gasteiger partial charge on any atom is -0.368 e. The minimum atomic E-state index is -0.418. The van der Waals surface area contributed by atoms with E-state index in [1.165, 1.54) is 0 Å². The molecule has 1 saturated carbocycles. The lowest BCUT2D eigenvalue weighted by atomic mass is 10.1. The van der Waals surface area contributed by atoms with Crippen molar-refractivity contribution in [1.29, 1.82) is 0 Å². The van der Waals surface area contributed by atoms with Crippen molar-refractivity contribution < 1.29 is 9.59 Å². The second-order valence-corrected chi connectivity index (χ2v) is 6.10. The van der Waals surface area contributed by atoms with E-state index in [2.05, 4.69) is 5.32 Å². The molecule has 2 aliphatic rings. The summed E-state index contributed by atoms with van der Waals surface area (Å²) in [6, 6.07) is 0.0578. The molecule has 1 unspecified atom stereocenters. The normalized spacial score (nSPS) is 25.0. The van der Waals surface area contributed by atoms with Crippen LogP contribution in [0.2, 0.25) is 0 Å². The van der Waals surface area contributed by atoms with Crippen molar-refractivity contribution in [1.82, 2.24) is 10.2 Å². The maximum atomic E-state index is 12.5. The number of carbonyl (C=O) groups excluding carboxylic acids is 2. The molecule has 6 heteroatoms. The van der Waals surface area contributed by atoms with Gasteiger partial charge >= 0.3 is 0 Å². The summed E-state index contributed by atoms with van der Waals surface area (Å²) < 4.78 is 0. The first-order valence-electron chi connectivity index (χ1n) is 6.58. The Morgan fingerprint density at radius 3 is 2.61 bits per heavy atom. The van der Waals surface area contributed by atoms with Crippen LogP contribution in [-0.2, 0) is 9.59 Å². The first kappa shape index (κ1) is 13.7. The summed E-state index contributed by atoms with van der Waals surface area (Å²) >= 11 is 1.78. The van der Waals surface area contributed by atoms with Gasteiger partial charge in [-0.3, -0.25) is 9.59 Å². The Morgan fingerprint density at radius 2 is 2.06 bits per heavy atom. The zero-order valence-corrected chi connectivity index (χ0v) is 11.4. The number of nitrogens with one attached hydrogen (secondary N) is 1. The van der Waals surface area contributed by atoms with Gasteiger partial charge in [0, 0.05) is 24.1 Å². The van der Waals surface area contributed by atoms with E-state index in [1.54, 1.807) is 16.7 Å². The van der Waals surface area contributed by atoms with Gasteiger partial charge in [-0.05, 0) is 12.8 Å². The predicted molar refractivity (Wildman–Crippen MR) is 72.3 cm³/mol. The predicted octanol–water partition coefficient (Wildman–Crippen LogP) is -0.0521. The SMILES string of the molecule is NC(=O)CN(C(=O)C1CSCCN1)C1CCCC1. The molecule has 0 aromatic carbocycles. The van der Waals surface area contributed by atoms with Gasteiger partial charge in [0.15, 0.2) is 0 Å². The Bertz CT molecular complexity index is 312. The number of nitrogens with zero attached hydrogens (tertiary/aromatic N) is 1. The smallest absolute Gasteiger partial charge is 0.241 e. The number of primary amides is 1. The molecule has 102 valence electrons. The molecule has 0 bridgehead atoms. The van der Waals surface area contributed by atoms with E-state index in [9.17, 15) is 9.59 Å². The summed E-state index contributed by atoms with van der Waals surface area (Å²) in [5.41, 5.74) is 5.27. The maximum Gasteiger partial charge on any atom is 0.241 e. The molecule has 1 aliphatic carbocycles. The van der Waals surface area contributed by atoms with E-state index in [0.717, 1.165) is 43.7 Å². The van der Waals surface area contributed by atoms with Gasteiger partial charge in [-0.25, -0.2) is 0 Å². The Labute approximate surface area is 112 Å². The van der Waals surface area contributed by atoms with Gasteiger partial charge < -0.3 is 16.0 Å². The molecule has 18 heavy (non-hydrogen) atoms. The number of rotatable bonds is 4. The third kappa shape index (κ3) is 3.38. The molecule has 0 aromatic rings. The van der Waals surface area contributed by atoms with E-state index in [1.807, 2.05) is 0 Å². The fourth-order valence-corrected chi connectivity index (χ4v) is 3.62. The van der Waals surface area contributed by atoms with Gasteiger partial charge in [-0.1, -0.05) is 12.8 Å². The Hall–Kier alpha value is -0.750. The molecule has 1 aliphatic heterocycles. The number of carbonyl (C=O) groups is 2. The summed E-state index contributed by atoms with van der Waals surface area (Å²) in [6.45, 7) is 0.919. The third-order valence-corrected chi connectivity index (χ3v) is 4.66. The molecule has 0 spiro atoms. The van der Waals surface area contributed by atoms with Gasteiger partial charge in [0.05, 0.1) is 12.6 Å². The van der Waals surface area contributed by atoms with Gasteiger partial charge in [0.1, 0.15) is 0 Å². The van der Waals surface area contributed by atoms with Gasteiger partial charge in [0.25, 0.3) is 0 Å². The zero-order chi connectivity index (χ0) is 13.0. The van der Waals surface area contributed by atoms with E-state index in [4.69, 9.17) is 5.73 Å². The molecule has 2 amide bonds. The van der Waals surface area contributed by atoms with Crippen LogP contribution in [0.15, 0.2) is 0 Å². The second kappa shape index (κ2) is 6.43. The Kier molecular flexibility index (Phi) is 4.88.